The van der Waals surface area contributed by atoms with E-state index in [4.69, 9.17) is 5.11 Å². The lowest BCUT2D eigenvalue weighted by Gasteiger charge is -2.59. The highest BCUT2D eigenvalue weighted by Crippen LogP contribution is 2.48. The maximum atomic E-state index is 11.5. The van der Waals surface area contributed by atoms with Crippen molar-refractivity contribution in [1.29, 1.82) is 0 Å². The molecule has 18 heavy (non-hydrogen) atoms. The van der Waals surface area contributed by atoms with Crippen molar-refractivity contribution in [3.63, 3.8) is 0 Å². The molecule has 1 aliphatic heterocycles. The normalized spacial score (nSPS) is 26.7. The van der Waals surface area contributed by atoms with Gasteiger partial charge >= 0.3 is 0 Å². The fourth-order valence-corrected chi connectivity index (χ4v) is 3.41. The Bertz CT molecular complexity index is 316. The second-order valence-electron chi connectivity index (χ2n) is 6.26. The Morgan fingerprint density at radius 1 is 1.28 bits per heavy atom. The maximum absolute atomic E-state index is 11.5. The van der Waals surface area contributed by atoms with Crippen LogP contribution in [0.3, 0.4) is 0 Å². The number of nitrogens with zero attached hydrogens (tertiary/aromatic N) is 1. The number of carbonyl (C=O) groups is 1. The highest BCUT2D eigenvalue weighted by atomic mass is 16.3. The van der Waals surface area contributed by atoms with Gasteiger partial charge in [-0.15, -0.1) is 0 Å². The Hall–Kier alpha value is -0.650. The monoisotopic (exact) mass is 253 g/mol. The predicted octanol–water partition coefficient (Wildman–Crippen LogP) is -0.689. The lowest BCUT2D eigenvalue weighted by molar-refractivity contribution is -0.130. The number of nitrogens with one attached hydrogen (secondary N) is 2. The van der Waals surface area contributed by atoms with Gasteiger partial charge in [0, 0.05) is 31.7 Å². The Kier molecular flexibility index (Phi) is 3.30. The summed E-state index contributed by atoms with van der Waals surface area (Å²) in [6.07, 6.45) is 5.30. The first-order valence-electron chi connectivity index (χ1n) is 7.05. The minimum absolute atomic E-state index is 0.0180. The van der Waals surface area contributed by atoms with Crippen molar-refractivity contribution in [3.05, 3.63) is 0 Å². The summed E-state index contributed by atoms with van der Waals surface area (Å²) in [5.74, 6) is 0.0332. The topological polar surface area (TPSA) is 64.6 Å². The molecule has 0 atom stereocenters. The molecule has 5 nitrogen and oxygen atoms in total. The third-order valence-electron chi connectivity index (χ3n) is 4.33. The molecule has 2 aliphatic carbocycles. The van der Waals surface area contributed by atoms with Crippen molar-refractivity contribution in [3.8, 4) is 0 Å². The lowest BCUT2D eigenvalue weighted by atomic mass is 9.60. The average Bonchev–Trinajstić information content (AvgIpc) is 3.04. The SMILES string of the molecule is O=C(CN1CC2(CC(NC3CC3)C2)C1)NCCO. The van der Waals surface area contributed by atoms with E-state index in [2.05, 4.69) is 15.5 Å². The second kappa shape index (κ2) is 4.79. The van der Waals surface area contributed by atoms with E-state index in [0.29, 0.717) is 18.5 Å². The molecule has 5 heteroatoms. The number of amides is 1. The van der Waals surface area contributed by atoms with Gasteiger partial charge in [0.25, 0.3) is 0 Å². The Morgan fingerprint density at radius 2 is 2.00 bits per heavy atom. The average molecular weight is 253 g/mol. The van der Waals surface area contributed by atoms with Crippen LogP contribution in [0.2, 0.25) is 0 Å². The molecule has 0 aromatic rings. The molecule has 3 fully saturated rings. The van der Waals surface area contributed by atoms with E-state index in [1.165, 1.54) is 25.7 Å². The van der Waals surface area contributed by atoms with Crippen LogP contribution in [-0.4, -0.2) is 60.8 Å². The van der Waals surface area contributed by atoms with E-state index in [1.807, 2.05) is 0 Å². The lowest BCUT2D eigenvalue weighted by Crippen LogP contribution is -2.67. The first kappa shape index (κ1) is 12.4. The molecule has 1 saturated heterocycles. The largest absolute Gasteiger partial charge is 0.395 e. The van der Waals surface area contributed by atoms with Gasteiger partial charge in [-0.25, -0.2) is 0 Å². The summed E-state index contributed by atoms with van der Waals surface area (Å²) in [5.41, 5.74) is 0.518. The molecule has 102 valence electrons. The van der Waals surface area contributed by atoms with Crippen LogP contribution < -0.4 is 10.6 Å². The fraction of sp³-hybridized carbons (Fsp3) is 0.923. The summed E-state index contributed by atoms with van der Waals surface area (Å²) in [6, 6.07) is 1.55. The predicted molar refractivity (Wildman–Crippen MR) is 68.1 cm³/mol. The quantitative estimate of drug-likeness (QED) is 0.586. The van der Waals surface area contributed by atoms with Gasteiger partial charge in [0.15, 0.2) is 0 Å². The Labute approximate surface area is 108 Å². The van der Waals surface area contributed by atoms with E-state index < -0.39 is 0 Å². The summed E-state index contributed by atoms with van der Waals surface area (Å²) in [5, 5.41) is 15.0. The van der Waals surface area contributed by atoms with Crippen LogP contribution in [0.15, 0.2) is 0 Å². The molecule has 0 unspecified atom stereocenters. The van der Waals surface area contributed by atoms with Gasteiger partial charge in [0.1, 0.15) is 0 Å². The number of aliphatic hydroxyl groups is 1. The Morgan fingerprint density at radius 3 is 2.61 bits per heavy atom. The van der Waals surface area contributed by atoms with Crippen molar-refractivity contribution in [2.75, 3.05) is 32.8 Å². The van der Waals surface area contributed by atoms with Crippen molar-refractivity contribution < 1.29 is 9.90 Å². The highest BCUT2D eigenvalue weighted by molar-refractivity contribution is 5.78. The number of rotatable bonds is 6. The zero-order chi connectivity index (χ0) is 12.6. The minimum atomic E-state index is 0.0180. The highest BCUT2D eigenvalue weighted by Gasteiger charge is 2.52. The van der Waals surface area contributed by atoms with E-state index in [1.54, 1.807) is 0 Å². The molecule has 3 aliphatic rings. The van der Waals surface area contributed by atoms with Gasteiger partial charge in [-0.2, -0.15) is 0 Å². The molecule has 1 heterocycles. The molecule has 1 spiro atoms. The molecular weight excluding hydrogens is 230 g/mol. The molecule has 3 rings (SSSR count). The zero-order valence-corrected chi connectivity index (χ0v) is 10.8. The summed E-state index contributed by atoms with van der Waals surface area (Å²) in [7, 11) is 0. The molecule has 0 radical (unpaired) electrons. The van der Waals surface area contributed by atoms with Crippen LogP contribution in [-0.2, 0) is 4.79 Å². The van der Waals surface area contributed by atoms with E-state index >= 15 is 0 Å². The van der Waals surface area contributed by atoms with Crippen molar-refractivity contribution in [1.82, 2.24) is 15.5 Å². The van der Waals surface area contributed by atoms with Crippen LogP contribution >= 0.6 is 0 Å². The minimum Gasteiger partial charge on any atom is -0.395 e. The molecule has 0 aromatic carbocycles. The first-order valence-corrected chi connectivity index (χ1v) is 7.05. The van der Waals surface area contributed by atoms with Gasteiger partial charge in [-0.3, -0.25) is 9.69 Å². The van der Waals surface area contributed by atoms with Crippen LogP contribution in [0.5, 0.6) is 0 Å². The van der Waals surface area contributed by atoms with Crippen molar-refractivity contribution in [2.45, 2.75) is 37.8 Å². The number of aliphatic hydroxyl groups excluding tert-OH is 1. The number of likely N-dealkylation sites (tertiary alicyclic amines) is 1. The third kappa shape index (κ3) is 2.68. The van der Waals surface area contributed by atoms with E-state index in [-0.39, 0.29) is 12.5 Å². The number of carbonyl (C=O) groups excluding carboxylic acids is 1. The van der Waals surface area contributed by atoms with Crippen molar-refractivity contribution >= 4 is 5.91 Å². The number of hydrogen-bond acceptors (Lipinski definition) is 4. The molecule has 0 bridgehead atoms. The Balaban J connectivity index is 1.30. The van der Waals surface area contributed by atoms with E-state index in [9.17, 15) is 4.79 Å². The molecule has 2 saturated carbocycles. The standard InChI is InChI=1S/C13H23N3O2/c17-4-3-14-12(18)7-16-8-13(9-16)5-11(6-13)15-10-1-2-10/h10-11,15,17H,1-9H2,(H,14,18). The van der Waals surface area contributed by atoms with E-state index in [0.717, 1.165) is 25.2 Å². The van der Waals surface area contributed by atoms with Crippen LogP contribution in [0.25, 0.3) is 0 Å². The summed E-state index contributed by atoms with van der Waals surface area (Å²) in [4.78, 5) is 13.7. The van der Waals surface area contributed by atoms with Gasteiger partial charge in [-0.05, 0) is 31.1 Å². The second-order valence-corrected chi connectivity index (χ2v) is 6.26. The van der Waals surface area contributed by atoms with Crippen LogP contribution in [0, 0.1) is 5.41 Å². The van der Waals surface area contributed by atoms with Gasteiger partial charge in [0.2, 0.25) is 5.91 Å². The zero-order valence-electron chi connectivity index (χ0n) is 10.8. The van der Waals surface area contributed by atoms with Gasteiger partial charge in [0.05, 0.1) is 13.2 Å². The van der Waals surface area contributed by atoms with Crippen molar-refractivity contribution in [2.24, 2.45) is 5.41 Å². The van der Waals surface area contributed by atoms with Gasteiger partial charge in [-0.1, -0.05) is 0 Å². The molecule has 0 aromatic heterocycles. The summed E-state index contributed by atoms with van der Waals surface area (Å²) >= 11 is 0. The molecule has 3 N–H and O–H groups in total. The smallest absolute Gasteiger partial charge is 0.234 e. The van der Waals surface area contributed by atoms with Crippen LogP contribution in [0.1, 0.15) is 25.7 Å². The first-order chi connectivity index (χ1) is 8.69. The summed E-state index contributed by atoms with van der Waals surface area (Å²) in [6.45, 7) is 3.02. The number of hydrogen-bond donors (Lipinski definition) is 3. The summed E-state index contributed by atoms with van der Waals surface area (Å²) < 4.78 is 0. The fourth-order valence-electron chi connectivity index (χ4n) is 3.41. The molecule has 1 amide bonds. The maximum Gasteiger partial charge on any atom is 0.234 e. The third-order valence-corrected chi connectivity index (χ3v) is 4.33. The van der Waals surface area contributed by atoms with Crippen LogP contribution in [0.4, 0.5) is 0 Å². The van der Waals surface area contributed by atoms with Gasteiger partial charge < -0.3 is 15.7 Å². The molecular formula is C13H23N3O2.